The highest BCUT2D eigenvalue weighted by Gasteiger charge is 1.94. The Kier molecular flexibility index (Phi) is 8.47. The van der Waals surface area contributed by atoms with Gasteiger partial charge in [0.1, 0.15) is 0 Å². The number of rotatable bonds is 8. The Hall–Kier alpha value is -1.55. The van der Waals surface area contributed by atoms with Gasteiger partial charge in [0.05, 0.1) is 6.61 Å². The van der Waals surface area contributed by atoms with Gasteiger partial charge in [0, 0.05) is 27.2 Å². The SMILES string of the molecule is CN=C(NC)NCCCCOCCc1ccccc1. The van der Waals surface area contributed by atoms with Crippen molar-refractivity contribution in [1.82, 2.24) is 10.6 Å². The number of guanidine groups is 1. The van der Waals surface area contributed by atoms with E-state index in [-0.39, 0.29) is 0 Å². The first-order valence-corrected chi connectivity index (χ1v) is 6.87. The van der Waals surface area contributed by atoms with Crippen molar-refractivity contribution >= 4 is 5.96 Å². The lowest BCUT2D eigenvalue weighted by Gasteiger charge is -2.08. The summed E-state index contributed by atoms with van der Waals surface area (Å²) in [4.78, 5) is 4.05. The van der Waals surface area contributed by atoms with Crippen LogP contribution in [0.5, 0.6) is 0 Å². The van der Waals surface area contributed by atoms with E-state index < -0.39 is 0 Å². The Morgan fingerprint density at radius 1 is 1.16 bits per heavy atom. The lowest BCUT2D eigenvalue weighted by atomic mass is 10.2. The molecule has 0 atom stereocenters. The molecule has 4 heteroatoms. The third-order valence-corrected chi connectivity index (χ3v) is 2.85. The quantitative estimate of drug-likeness (QED) is 0.427. The van der Waals surface area contributed by atoms with Crippen LogP contribution < -0.4 is 10.6 Å². The Balaban J connectivity index is 1.92. The number of unbranched alkanes of at least 4 members (excludes halogenated alkanes) is 1. The first kappa shape index (κ1) is 15.5. The zero-order valence-corrected chi connectivity index (χ0v) is 12.0. The molecule has 0 unspecified atom stereocenters. The van der Waals surface area contributed by atoms with Crippen LogP contribution in [0.3, 0.4) is 0 Å². The maximum Gasteiger partial charge on any atom is 0.190 e. The largest absolute Gasteiger partial charge is 0.381 e. The maximum atomic E-state index is 5.62. The van der Waals surface area contributed by atoms with Crippen molar-refractivity contribution in [2.45, 2.75) is 19.3 Å². The minimum atomic E-state index is 0.801. The summed E-state index contributed by atoms with van der Waals surface area (Å²) in [6.45, 7) is 2.55. The molecule has 0 spiro atoms. The van der Waals surface area contributed by atoms with Gasteiger partial charge in [-0.1, -0.05) is 30.3 Å². The van der Waals surface area contributed by atoms with Crippen molar-refractivity contribution in [3.8, 4) is 0 Å². The van der Waals surface area contributed by atoms with E-state index in [4.69, 9.17) is 4.74 Å². The van der Waals surface area contributed by atoms with Gasteiger partial charge in [0.2, 0.25) is 0 Å². The molecule has 0 aliphatic carbocycles. The second-order valence-corrected chi connectivity index (χ2v) is 4.30. The van der Waals surface area contributed by atoms with Gasteiger partial charge in [-0.3, -0.25) is 4.99 Å². The summed E-state index contributed by atoms with van der Waals surface area (Å²) in [7, 11) is 3.63. The summed E-state index contributed by atoms with van der Waals surface area (Å²) in [5.41, 5.74) is 1.34. The zero-order chi connectivity index (χ0) is 13.8. The van der Waals surface area contributed by atoms with E-state index in [1.807, 2.05) is 13.1 Å². The molecule has 0 aliphatic heterocycles. The van der Waals surface area contributed by atoms with Gasteiger partial charge in [0.15, 0.2) is 5.96 Å². The van der Waals surface area contributed by atoms with E-state index in [0.29, 0.717) is 0 Å². The van der Waals surface area contributed by atoms with E-state index in [1.54, 1.807) is 7.05 Å². The van der Waals surface area contributed by atoms with E-state index in [2.05, 4.69) is 39.9 Å². The van der Waals surface area contributed by atoms with Crippen LogP contribution in [0.25, 0.3) is 0 Å². The highest BCUT2D eigenvalue weighted by Crippen LogP contribution is 2.00. The molecule has 1 aromatic carbocycles. The monoisotopic (exact) mass is 263 g/mol. The Morgan fingerprint density at radius 2 is 1.95 bits per heavy atom. The highest BCUT2D eigenvalue weighted by atomic mass is 16.5. The number of hydrogen-bond donors (Lipinski definition) is 2. The average Bonchev–Trinajstić information content (AvgIpc) is 2.47. The van der Waals surface area contributed by atoms with Crippen LogP contribution >= 0.6 is 0 Å². The summed E-state index contributed by atoms with van der Waals surface area (Å²) in [6.07, 6.45) is 3.15. The predicted octanol–water partition coefficient (Wildman–Crippen LogP) is 1.82. The van der Waals surface area contributed by atoms with Gasteiger partial charge in [0.25, 0.3) is 0 Å². The number of nitrogens with one attached hydrogen (secondary N) is 2. The van der Waals surface area contributed by atoms with Crippen molar-refractivity contribution in [2.24, 2.45) is 4.99 Å². The molecule has 106 valence electrons. The van der Waals surface area contributed by atoms with E-state index in [1.165, 1.54) is 5.56 Å². The number of benzene rings is 1. The molecule has 0 radical (unpaired) electrons. The van der Waals surface area contributed by atoms with Gasteiger partial charge >= 0.3 is 0 Å². The zero-order valence-electron chi connectivity index (χ0n) is 12.0. The molecule has 19 heavy (non-hydrogen) atoms. The summed E-state index contributed by atoms with van der Waals surface area (Å²) < 4.78 is 5.62. The molecule has 0 saturated heterocycles. The van der Waals surface area contributed by atoms with Crippen LogP contribution in [0.2, 0.25) is 0 Å². The molecular weight excluding hydrogens is 238 g/mol. The molecule has 2 N–H and O–H groups in total. The number of ether oxygens (including phenoxy) is 1. The standard InChI is InChI=1S/C15H25N3O/c1-16-15(17-2)18-11-6-7-12-19-13-10-14-8-4-3-5-9-14/h3-5,8-9H,6-7,10-13H2,1-2H3,(H2,16,17,18). The summed E-state index contributed by atoms with van der Waals surface area (Å²) in [5.74, 6) is 0.838. The van der Waals surface area contributed by atoms with Gasteiger partial charge < -0.3 is 15.4 Å². The van der Waals surface area contributed by atoms with Crippen LogP contribution in [0.15, 0.2) is 35.3 Å². The van der Waals surface area contributed by atoms with Gasteiger partial charge in [-0.05, 0) is 24.8 Å². The topological polar surface area (TPSA) is 45.7 Å². The molecule has 0 aliphatic rings. The van der Waals surface area contributed by atoms with Crippen LogP contribution in [0.1, 0.15) is 18.4 Å². The Morgan fingerprint density at radius 3 is 2.63 bits per heavy atom. The Bertz CT molecular complexity index is 352. The molecule has 0 amide bonds. The third-order valence-electron chi connectivity index (χ3n) is 2.85. The average molecular weight is 263 g/mol. The molecule has 4 nitrogen and oxygen atoms in total. The molecule has 0 heterocycles. The molecule has 0 bridgehead atoms. The second-order valence-electron chi connectivity index (χ2n) is 4.30. The van der Waals surface area contributed by atoms with Gasteiger partial charge in [-0.15, -0.1) is 0 Å². The first-order valence-electron chi connectivity index (χ1n) is 6.87. The van der Waals surface area contributed by atoms with Gasteiger partial charge in [-0.2, -0.15) is 0 Å². The molecule has 0 fully saturated rings. The van der Waals surface area contributed by atoms with Crippen LogP contribution in [0.4, 0.5) is 0 Å². The summed E-state index contributed by atoms with van der Waals surface area (Å²) in [6, 6.07) is 10.4. The number of hydrogen-bond acceptors (Lipinski definition) is 2. The normalized spacial score (nSPS) is 11.4. The van der Waals surface area contributed by atoms with Gasteiger partial charge in [-0.25, -0.2) is 0 Å². The van der Waals surface area contributed by atoms with Crippen LogP contribution in [-0.2, 0) is 11.2 Å². The van der Waals surface area contributed by atoms with Crippen molar-refractivity contribution in [3.63, 3.8) is 0 Å². The smallest absolute Gasteiger partial charge is 0.190 e. The molecule has 0 aromatic heterocycles. The predicted molar refractivity (Wildman–Crippen MR) is 80.6 cm³/mol. The number of aliphatic imine (C=N–C) groups is 1. The fourth-order valence-corrected chi connectivity index (χ4v) is 1.75. The molecular formula is C15H25N3O. The summed E-state index contributed by atoms with van der Waals surface area (Å²) >= 11 is 0. The minimum Gasteiger partial charge on any atom is -0.381 e. The molecule has 0 saturated carbocycles. The van der Waals surface area contributed by atoms with Crippen molar-refractivity contribution < 1.29 is 4.74 Å². The fourth-order valence-electron chi connectivity index (χ4n) is 1.75. The van der Waals surface area contributed by atoms with E-state index in [0.717, 1.165) is 45.0 Å². The van der Waals surface area contributed by atoms with E-state index in [9.17, 15) is 0 Å². The van der Waals surface area contributed by atoms with Crippen molar-refractivity contribution in [3.05, 3.63) is 35.9 Å². The van der Waals surface area contributed by atoms with Crippen molar-refractivity contribution in [2.75, 3.05) is 33.9 Å². The van der Waals surface area contributed by atoms with E-state index >= 15 is 0 Å². The molecule has 1 aromatic rings. The lowest BCUT2D eigenvalue weighted by Crippen LogP contribution is -2.35. The molecule has 1 rings (SSSR count). The minimum absolute atomic E-state index is 0.801. The number of nitrogens with zero attached hydrogens (tertiary/aromatic N) is 1. The first-order chi connectivity index (χ1) is 9.36. The lowest BCUT2D eigenvalue weighted by molar-refractivity contribution is 0.133. The van der Waals surface area contributed by atoms with Crippen LogP contribution in [0, 0.1) is 0 Å². The van der Waals surface area contributed by atoms with Crippen molar-refractivity contribution in [1.29, 1.82) is 0 Å². The summed E-state index contributed by atoms with van der Waals surface area (Å²) in [5, 5.41) is 6.21. The fraction of sp³-hybridized carbons (Fsp3) is 0.533. The third kappa shape index (κ3) is 7.47. The second kappa shape index (κ2) is 10.4. The maximum absolute atomic E-state index is 5.62. The van der Waals surface area contributed by atoms with Crippen LogP contribution in [-0.4, -0.2) is 39.8 Å². The highest BCUT2D eigenvalue weighted by molar-refractivity contribution is 5.79. The Labute approximate surface area is 116 Å².